The quantitative estimate of drug-likeness (QED) is 0.216. The molecule has 1 aliphatic heterocycles. The summed E-state index contributed by atoms with van der Waals surface area (Å²) in [5.41, 5.74) is 6.99. The maximum atomic E-state index is 5.16. The zero-order valence-electron chi connectivity index (χ0n) is 25.7. The third-order valence-electron chi connectivity index (χ3n) is 8.62. The van der Waals surface area contributed by atoms with Gasteiger partial charge in [-0.3, -0.25) is 4.98 Å². The van der Waals surface area contributed by atoms with Gasteiger partial charge in [0.05, 0.1) is 16.6 Å². The predicted molar refractivity (Wildman–Crippen MR) is 193 cm³/mol. The largest absolute Gasteiger partial charge is 0.387 e. The van der Waals surface area contributed by atoms with Crippen LogP contribution in [0, 0.1) is 0 Å². The molecule has 8 aromatic rings. The van der Waals surface area contributed by atoms with E-state index in [2.05, 4.69) is 89.2 Å². The number of nitrogens with zero attached hydrogens (tertiary/aromatic N) is 6. The average molecular weight is 618 g/mol. The van der Waals surface area contributed by atoms with Crippen molar-refractivity contribution in [2.24, 2.45) is 0 Å². The summed E-state index contributed by atoms with van der Waals surface area (Å²) in [7, 11) is 0. The van der Waals surface area contributed by atoms with Crippen LogP contribution in [0.4, 0.5) is 0 Å². The first-order valence-electron chi connectivity index (χ1n) is 15.8. The molecular weight excluding hydrogens is 591 g/mol. The summed E-state index contributed by atoms with van der Waals surface area (Å²) in [4.78, 5) is 29.8. The van der Waals surface area contributed by atoms with Gasteiger partial charge in [0.25, 0.3) is 0 Å². The summed E-state index contributed by atoms with van der Waals surface area (Å²) in [6.45, 7) is 0.707. The minimum Gasteiger partial charge on any atom is -0.387 e. The number of hydrogen-bond acceptors (Lipinski definition) is 7. The fourth-order valence-corrected chi connectivity index (χ4v) is 6.18. The number of aromatic nitrogens is 6. The van der Waals surface area contributed by atoms with E-state index < -0.39 is 0 Å². The van der Waals surface area contributed by atoms with E-state index in [1.807, 2.05) is 60.8 Å². The van der Waals surface area contributed by atoms with E-state index in [0.29, 0.717) is 35.4 Å². The Morgan fingerprint density at radius 1 is 0.479 bits per heavy atom. The molecule has 0 unspecified atom stereocenters. The molecule has 226 valence electrons. The van der Waals surface area contributed by atoms with Crippen molar-refractivity contribution >= 4 is 44.9 Å². The van der Waals surface area contributed by atoms with Gasteiger partial charge in [0.1, 0.15) is 11.4 Å². The molecule has 1 N–H and O–H groups in total. The molecule has 0 bridgehead atoms. The molecule has 0 amide bonds. The van der Waals surface area contributed by atoms with Gasteiger partial charge in [0.2, 0.25) is 0 Å². The number of benzene rings is 4. The van der Waals surface area contributed by atoms with Crippen LogP contribution in [0.3, 0.4) is 0 Å². The Kier molecular flexibility index (Phi) is 6.72. The van der Waals surface area contributed by atoms with Crippen LogP contribution in [0.5, 0.6) is 0 Å². The van der Waals surface area contributed by atoms with E-state index in [9.17, 15) is 0 Å². The highest BCUT2D eigenvalue weighted by atomic mass is 15.1. The molecule has 0 saturated heterocycles. The van der Waals surface area contributed by atoms with Crippen LogP contribution in [0.2, 0.25) is 0 Å². The van der Waals surface area contributed by atoms with Crippen LogP contribution in [0.1, 0.15) is 0 Å². The van der Waals surface area contributed by atoms with Gasteiger partial charge < -0.3 is 5.32 Å². The zero-order chi connectivity index (χ0) is 31.9. The third-order valence-corrected chi connectivity index (χ3v) is 8.62. The van der Waals surface area contributed by atoms with E-state index in [4.69, 9.17) is 24.9 Å². The van der Waals surface area contributed by atoms with Crippen LogP contribution in [0.15, 0.2) is 134 Å². The highest BCUT2D eigenvalue weighted by molar-refractivity contribution is 6.03. The second-order valence-corrected chi connectivity index (χ2v) is 11.6. The van der Waals surface area contributed by atoms with Gasteiger partial charge in [-0.25, -0.2) is 24.9 Å². The summed E-state index contributed by atoms with van der Waals surface area (Å²) < 4.78 is 0. The minimum atomic E-state index is 0.469. The Hall–Kier alpha value is -6.60. The third kappa shape index (κ3) is 5.04. The van der Waals surface area contributed by atoms with Gasteiger partial charge >= 0.3 is 0 Å². The van der Waals surface area contributed by atoms with Crippen molar-refractivity contribution in [3.05, 3.63) is 144 Å². The molecule has 7 heteroatoms. The normalized spacial score (nSPS) is 13.2. The molecular formula is C41H27N7. The van der Waals surface area contributed by atoms with E-state index in [1.165, 1.54) is 0 Å². The molecule has 0 fully saturated rings. The summed E-state index contributed by atoms with van der Waals surface area (Å²) in [6.07, 6.45) is 10.0. The summed E-state index contributed by atoms with van der Waals surface area (Å²) in [5, 5.41) is 8.56. The van der Waals surface area contributed by atoms with Crippen molar-refractivity contribution in [3.8, 4) is 45.6 Å². The number of allylic oxidation sites excluding steroid dienone is 1. The molecule has 9 rings (SSSR count). The first kappa shape index (κ1) is 27.7. The summed E-state index contributed by atoms with van der Waals surface area (Å²) in [5.74, 6) is 1.50. The zero-order valence-corrected chi connectivity index (χ0v) is 25.7. The van der Waals surface area contributed by atoms with Crippen LogP contribution in [-0.4, -0.2) is 36.4 Å². The van der Waals surface area contributed by atoms with Gasteiger partial charge in [-0.2, -0.15) is 0 Å². The summed E-state index contributed by atoms with van der Waals surface area (Å²) in [6, 6.07) is 39.0. The predicted octanol–water partition coefficient (Wildman–Crippen LogP) is 6.86. The van der Waals surface area contributed by atoms with E-state index in [0.717, 1.165) is 59.8 Å². The summed E-state index contributed by atoms with van der Waals surface area (Å²) >= 11 is 0. The second kappa shape index (κ2) is 11.6. The number of pyridine rings is 3. The van der Waals surface area contributed by atoms with Crippen LogP contribution >= 0.6 is 0 Å². The maximum absolute atomic E-state index is 5.16. The first-order chi connectivity index (χ1) is 23.8. The Bertz CT molecular complexity index is 2670. The van der Waals surface area contributed by atoms with Gasteiger partial charge in [-0.05, 0) is 46.8 Å². The van der Waals surface area contributed by atoms with Gasteiger partial charge in [0.15, 0.2) is 17.5 Å². The van der Waals surface area contributed by atoms with Crippen LogP contribution < -0.4 is 15.8 Å². The Balaban J connectivity index is 1.24. The standard InChI is InChI=1S/C41H27N7/c1-2-6-26(7-3-1)27-10-16-32(17-11-27)39-46-40(34-20-18-30-13-12-28-8-4-23-42-25-22-33(28)36(30)44-34)48-41(47-39)35-21-19-31-15-14-29-9-5-24-43-37(29)38(31)45-35/h1-24,42H,25H2/b23-4?,28-8?,33-22+. The smallest absolute Gasteiger partial charge is 0.182 e. The van der Waals surface area contributed by atoms with Crippen molar-refractivity contribution in [3.63, 3.8) is 0 Å². The molecule has 4 aromatic carbocycles. The van der Waals surface area contributed by atoms with Gasteiger partial charge in [-0.15, -0.1) is 0 Å². The molecule has 1 aliphatic rings. The number of nitrogens with one attached hydrogen (secondary N) is 1. The Labute approximate surface area is 275 Å². The Morgan fingerprint density at radius 2 is 1.10 bits per heavy atom. The molecule has 4 aromatic heterocycles. The lowest BCUT2D eigenvalue weighted by Gasteiger charge is -2.10. The molecule has 5 heterocycles. The van der Waals surface area contributed by atoms with Crippen molar-refractivity contribution in [1.82, 2.24) is 35.2 Å². The maximum Gasteiger partial charge on any atom is 0.182 e. The molecule has 7 nitrogen and oxygen atoms in total. The molecule has 0 saturated carbocycles. The Morgan fingerprint density at radius 3 is 1.90 bits per heavy atom. The lowest BCUT2D eigenvalue weighted by Crippen LogP contribution is -2.28. The van der Waals surface area contributed by atoms with E-state index in [1.54, 1.807) is 6.20 Å². The molecule has 0 aliphatic carbocycles. The molecule has 0 radical (unpaired) electrons. The van der Waals surface area contributed by atoms with Crippen molar-refractivity contribution in [1.29, 1.82) is 0 Å². The fraction of sp³-hybridized carbons (Fsp3) is 0.0244. The highest BCUT2D eigenvalue weighted by Gasteiger charge is 2.16. The highest BCUT2D eigenvalue weighted by Crippen LogP contribution is 2.29. The number of hydrogen-bond donors (Lipinski definition) is 1. The fourth-order valence-electron chi connectivity index (χ4n) is 6.18. The first-order valence-corrected chi connectivity index (χ1v) is 15.8. The average Bonchev–Trinajstić information content (AvgIpc) is 3.14. The monoisotopic (exact) mass is 617 g/mol. The number of fused-ring (bicyclic) bond motifs is 6. The van der Waals surface area contributed by atoms with E-state index in [-0.39, 0.29) is 0 Å². The van der Waals surface area contributed by atoms with E-state index >= 15 is 0 Å². The number of rotatable bonds is 4. The second-order valence-electron chi connectivity index (χ2n) is 11.6. The SMILES string of the molecule is C1=CNC/C=c2\c(ccc3ccc(-c4nc(-c5ccc(-c6ccccc6)cc5)nc(-c5ccc6ccc7cccnc7c6n5)n4)nc23)=C1. The molecule has 48 heavy (non-hydrogen) atoms. The lowest BCUT2D eigenvalue weighted by atomic mass is 10.0. The van der Waals surface area contributed by atoms with Crippen molar-refractivity contribution in [2.75, 3.05) is 6.54 Å². The van der Waals surface area contributed by atoms with Crippen LogP contribution in [-0.2, 0) is 0 Å². The topological polar surface area (TPSA) is 89.4 Å². The van der Waals surface area contributed by atoms with Gasteiger partial charge in [0, 0.05) is 39.7 Å². The molecule has 0 atom stereocenters. The lowest BCUT2D eigenvalue weighted by molar-refractivity contribution is 1.01. The minimum absolute atomic E-state index is 0.469. The molecule has 0 spiro atoms. The van der Waals surface area contributed by atoms with Crippen molar-refractivity contribution in [2.45, 2.75) is 0 Å². The van der Waals surface area contributed by atoms with Gasteiger partial charge in [-0.1, -0.05) is 109 Å². The van der Waals surface area contributed by atoms with Crippen molar-refractivity contribution < 1.29 is 0 Å². The van der Waals surface area contributed by atoms with Crippen LogP contribution in [0.25, 0.3) is 90.4 Å².